The molecule has 0 bridgehead atoms. The van der Waals surface area contributed by atoms with Gasteiger partial charge in [0.1, 0.15) is 0 Å². The predicted octanol–water partition coefficient (Wildman–Crippen LogP) is -0.244. The van der Waals surface area contributed by atoms with Crippen molar-refractivity contribution >= 4 is 57.1 Å². The number of hydrogen-bond acceptors (Lipinski definition) is 4. The molecule has 4 N–H and O–H groups in total. The number of anilines is 1. The molecule has 0 heterocycles. The molecule has 9 heteroatoms. The molecule has 0 atom stereocenters. The van der Waals surface area contributed by atoms with Crippen molar-refractivity contribution < 1.29 is 23.1 Å². The number of rotatable bonds is 5. The van der Waals surface area contributed by atoms with Gasteiger partial charge < -0.3 is 10.4 Å². The molecule has 1 rings (SSSR count). The molecule has 0 unspecified atom stereocenters. The number of nitrogens with one attached hydrogen (secondary N) is 1. The molecule has 0 saturated carbocycles. The van der Waals surface area contributed by atoms with Gasteiger partial charge in [0.2, 0.25) is 15.9 Å². The van der Waals surface area contributed by atoms with E-state index in [1.165, 1.54) is 24.3 Å². The number of benzene rings is 1. The van der Waals surface area contributed by atoms with Crippen LogP contribution in [0.25, 0.3) is 0 Å². The predicted molar refractivity (Wildman–Crippen MR) is 69.1 cm³/mol. The van der Waals surface area contributed by atoms with E-state index in [-0.39, 0.29) is 47.3 Å². The van der Waals surface area contributed by atoms with E-state index >= 15 is 0 Å². The van der Waals surface area contributed by atoms with Crippen LogP contribution in [0, 0.1) is 0 Å². The van der Waals surface area contributed by atoms with Crippen LogP contribution in [-0.4, -0.2) is 55.0 Å². The molecule has 0 fully saturated rings. The molecule has 1 aromatic carbocycles. The van der Waals surface area contributed by atoms with Crippen LogP contribution in [0.1, 0.15) is 12.8 Å². The quantitative estimate of drug-likeness (QED) is 0.646. The summed E-state index contributed by atoms with van der Waals surface area (Å²) in [6.07, 6.45) is -0.409. The van der Waals surface area contributed by atoms with Crippen molar-refractivity contribution in [2.45, 2.75) is 17.7 Å². The number of carboxylic acid groups (broad SMARTS) is 1. The third kappa shape index (κ3) is 6.69. The minimum absolute atomic E-state index is 0. The number of nitrogens with two attached hydrogens (primary N) is 1. The Morgan fingerprint density at radius 1 is 1.16 bits per heavy atom. The maximum absolute atomic E-state index is 11.3. The number of carbonyl (C=O) groups excluding carboxylic acids is 1. The minimum Gasteiger partial charge on any atom is -0.481 e. The van der Waals surface area contributed by atoms with Crippen LogP contribution in [0.15, 0.2) is 29.2 Å². The molecule has 0 aliphatic heterocycles. The van der Waals surface area contributed by atoms with Crippen LogP contribution in [0.5, 0.6) is 0 Å². The van der Waals surface area contributed by atoms with Gasteiger partial charge in [-0.05, 0) is 24.3 Å². The number of primary sulfonamides is 1. The Kier molecular flexibility index (Phi) is 7.24. The monoisotopic (exact) mass is 295 g/mol. The SMILES string of the molecule is NS(=O)(=O)c1ccc(NC(=O)CCC(=O)O)cc1.[Na]. The molecule has 7 nitrogen and oxygen atoms in total. The summed E-state index contributed by atoms with van der Waals surface area (Å²) >= 11 is 0. The molecular formula is C10H12N2NaO5S. The first-order chi connectivity index (χ1) is 8.29. The Morgan fingerprint density at radius 2 is 1.68 bits per heavy atom. The fraction of sp³-hybridized carbons (Fsp3) is 0.200. The average Bonchev–Trinajstić information content (AvgIpc) is 2.26. The summed E-state index contributed by atoms with van der Waals surface area (Å²) in [5, 5.41) is 15.7. The first-order valence-electron chi connectivity index (χ1n) is 4.93. The van der Waals surface area contributed by atoms with E-state index in [4.69, 9.17) is 10.2 Å². The number of carbonyl (C=O) groups is 2. The van der Waals surface area contributed by atoms with Crippen molar-refractivity contribution in [3.8, 4) is 0 Å². The summed E-state index contributed by atoms with van der Waals surface area (Å²) in [7, 11) is -3.76. The molecule has 99 valence electrons. The van der Waals surface area contributed by atoms with Crippen molar-refractivity contribution in [3.05, 3.63) is 24.3 Å². The minimum atomic E-state index is -3.76. The van der Waals surface area contributed by atoms with Gasteiger partial charge in [-0.3, -0.25) is 9.59 Å². The maximum atomic E-state index is 11.3. The summed E-state index contributed by atoms with van der Waals surface area (Å²) in [6, 6.07) is 5.25. The Bertz CT molecular complexity index is 556. The number of hydrogen-bond donors (Lipinski definition) is 3. The Labute approximate surface area is 132 Å². The topological polar surface area (TPSA) is 127 Å². The first kappa shape index (κ1) is 18.1. The third-order valence-electron chi connectivity index (χ3n) is 2.03. The maximum Gasteiger partial charge on any atom is 0.303 e. The third-order valence-corrected chi connectivity index (χ3v) is 2.96. The molecule has 0 aliphatic rings. The van der Waals surface area contributed by atoms with Crippen LogP contribution in [-0.2, 0) is 19.6 Å². The second kappa shape index (κ2) is 7.61. The van der Waals surface area contributed by atoms with E-state index in [0.29, 0.717) is 5.69 Å². The van der Waals surface area contributed by atoms with Crippen molar-refractivity contribution in [2.75, 3.05) is 5.32 Å². The van der Waals surface area contributed by atoms with E-state index in [2.05, 4.69) is 5.32 Å². The summed E-state index contributed by atoms with van der Waals surface area (Å²) in [4.78, 5) is 21.5. The van der Waals surface area contributed by atoms with E-state index in [1.807, 2.05) is 0 Å². The van der Waals surface area contributed by atoms with E-state index in [9.17, 15) is 18.0 Å². The van der Waals surface area contributed by atoms with Crippen molar-refractivity contribution in [3.63, 3.8) is 0 Å². The normalized spacial score (nSPS) is 10.4. The standard InChI is InChI=1S/C10H12N2O5S.Na/c11-18(16,17)8-3-1-7(2-4-8)12-9(13)5-6-10(14)15;/h1-4H,5-6H2,(H,12,13)(H,14,15)(H2,11,16,17);. The van der Waals surface area contributed by atoms with Crippen molar-refractivity contribution in [1.29, 1.82) is 0 Å². The van der Waals surface area contributed by atoms with Gasteiger partial charge in [0.05, 0.1) is 11.3 Å². The Balaban J connectivity index is 0.00000324. The zero-order valence-electron chi connectivity index (χ0n) is 10.3. The number of aliphatic carboxylic acids is 1. The number of amides is 1. The first-order valence-corrected chi connectivity index (χ1v) is 6.48. The molecule has 1 aromatic rings. The zero-order chi connectivity index (χ0) is 13.8. The van der Waals surface area contributed by atoms with Crippen LogP contribution in [0.2, 0.25) is 0 Å². The molecular weight excluding hydrogens is 283 g/mol. The second-order valence-electron chi connectivity index (χ2n) is 3.51. The van der Waals surface area contributed by atoms with Crippen molar-refractivity contribution in [2.24, 2.45) is 5.14 Å². The van der Waals surface area contributed by atoms with Crippen molar-refractivity contribution in [1.82, 2.24) is 0 Å². The molecule has 1 amide bonds. The van der Waals surface area contributed by atoms with E-state index in [0.717, 1.165) is 0 Å². The summed E-state index contributed by atoms with van der Waals surface area (Å²) < 4.78 is 21.9. The van der Waals surface area contributed by atoms with E-state index in [1.54, 1.807) is 0 Å². The van der Waals surface area contributed by atoms with Gasteiger partial charge in [0.25, 0.3) is 0 Å². The Hall–Kier alpha value is -0.930. The van der Waals surface area contributed by atoms with Gasteiger partial charge in [-0.25, -0.2) is 13.6 Å². The molecule has 1 radical (unpaired) electrons. The van der Waals surface area contributed by atoms with Gasteiger partial charge in [-0.15, -0.1) is 0 Å². The van der Waals surface area contributed by atoms with Gasteiger partial charge in [0.15, 0.2) is 0 Å². The van der Waals surface area contributed by atoms with Gasteiger partial charge in [-0.2, -0.15) is 0 Å². The summed E-state index contributed by atoms with van der Waals surface area (Å²) in [5.74, 6) is -1.52. The van der Waals surface area contributed by atoms with Gasteiger partial charge in [-0.1, -0.05) is 0 Å². The zero-order valence-corrected chi connectivity index (χ0v) is 13.1. The number of sulfonamides is 1. The molecule has 0 saturated heterocycles. The molecule has 0 aliphatic carbocycles. The van der Waals surface area contributed by atoms with Crippen LogP contribution in [0.3, 0.4) is 0 Å². The fourth-order valence-corrected chi connectivity index (χ4v) is 1.69. The van der Waals surface area contributed by atoms with E-state index < -0.39 is 21.9 Å². The Morgan fingerprint density at radius 3 is 2.11 bits per heavy atom. The smallest absolute Gasteiger partial charge is 0.303 e. The number of carboxylic acids is 1. The molecule has 0 aromatic heterocycles. The van der Waals surface area contributed by atoms with Crippen LogP contribution < -0.4 is 10.5 Å². The van der Waals surface area contributed by atoms with Crippen LogP contribution >= 0.6 is 0 Å². The summed E-state index contributed by atoms with van der Waals surface area (Å²) in [5.41, 5.74) is 0.373. The van der Waals surface area contributed by atoms with Crippen LogP contribution in [0.4, 0.5) is 5.69 Å². The average molecular weight is 295 g/mol. The molecule has 19 heavy (non-hydrogen) atoms. The largest absolute Gasteiger partial charge is 0.481 e. The van der Waals surface area contributed by atoms with Gasteiger partial charge in [0, 0.05) is 41.7 Å². The fourth-order valence-electron chi connectivity index (χ4n) is 1.17. The molecule has 0 spiro atoms. The second-order valence-corrected chi connectivity index (χ2v) is 5.07. The van der Waals surface area contributed by atoms with Gasteiger partial charge >= 0.3 is 5.97 Å². The summed E-state index contributed by atoms with van der Waals surface area (Å²) in [6.45, 7) is 0.